The summed E-state index contributed by atoms with van der Waals surface area (Å²) in [4.78, 5) is 0. The molecule has 0 amide bonds. The average molecular weight is 359 g/mol. The van der Waals surface area contributed by atoms with Gasteiger partial charge in [0, 0.05) is 25.6 Å². The molecule has 3 N–H and O–H groups in total. The van der Waals surface area contributed by atoms with Gasteiger partial charge in [-0.25, -0.2) is 0 Å². The number of aromatic nitrogens is 2. The maximum absolute atomic E-state index is 5.80. The van der Waals surface area contributed by atoms with Crippen molar-refractivity contribution in [3.8, 4) is 0 Å². The van der Waals surface area contributed by atoms with E-state index < -0.39 is 0 Å². The fraction of sp³-hybridized carbons (Fsp3) is 0.800. The van der Waals surface area contributed by atoms with E-state index in [2.05, 4.69) is 38.1 Å². The van der Waals surface area contributed by atoms with Crippen LogP contribution in [0, 0.1) is 6.92 Å². The van der Waals surface area contributed by atoms with Crippen molar-refractivity contribution in [3.63, 3.8) is 0 Å². The molecule has 1 aromatic rings. The largest absolute Gasteiger partial charge is 0.378 e. The second-order valence-electron chi connectivity index (χ2n) is 5.80. The number of nitrogens with two attached hydrogens (primary N) is 1. The summed E-state index contributed by atoms with van der Waals surface area (Å²) in [6, 6.07) is 0.258. The molecule has 1 saturated heterocycles. The molecular weight excluding hydrogens is 332 g/mol. The first-order valence-electron chi connectivity index (χ1n) is 7.95. The molecule has 0 aliphatic carbocycles. The zero-order chi connectivity index (χ0) is 15.2. The Kier molecular flexibility index (Phi) is 6.67. The summed E-state index contributed by atoms with van der Waals surface area (Å²) in [5, 5.41) is 4.54. The molecule has 1 aromatic heterocycles. The van der Waals surface area contributed by atoms with E-state index in [1.807, 2.05) is 6.92 Å². The zero-order valence-corrected chi connectivity index (χ0v) is 14.7. The lowest BCUT2D eigenvalue weighted by Gasteiger charge is -2.25. The molecule has 1 fully saturated rings. The third-order valence-corrected chi connectivity index (χ3v) is 5.27. The highest BCUT2D eigenvalue weighted by Gasteiger charge is 2.20. The van der Waals surface area contributed by atoms with Gasteiger partial charge >= 0.3 is 0 Å². The van der Waals surface area contributed by atoms with Crippen molar-refractivity contribution in [3.05, 3.63) is 15.9 Å². The van der Waals surface area contributed by atoms with Crippen molar-refractivity contribution in [2.75, 3.05) is 6.61 Å². The van der Waals surface area contributed by atoms with Gasteiger partial charge in [0.1, 0.15) is 0 Å². The molecule has 2 heterocycles. The summed E-state index contributed by atoms with van der Waals surface area (Å²) in [6.45, 7) is 5.94. The Balaban J connectivity index is 1.92. The third kappa shape index (κ3) is 4.52. The molecule has 0 saturated carbocycles. The van der Waals surface area contributed by atoms with Crippen LogP contribution in [0.1, 0.15) is 50.4 Å². The van der Waals surface area contributed by atoms with Gasteiger partial charge in [0.25, 0.3) is 0 Å². The summed E-state index contributed by atoms with van der Waals surface area (Å²) < 4.78 is 8.97. The van der Waals surface area contributed by atoms with E-state index in [0.29, 0.717) is 6.10 Å². The Labute approximate surface area is 135 Å². The standard InChI is InChI=1S/C15H27BrN4O/c1-3-20-14(15(16)11(2)19-20)10-12(18-17)7-8-13-6-4-5-9-21-13/h12-13,18H,3-10,17H2,1-2H3. The molecular formula is C15H27BrN4O. The van der Waals surface area contributed by atoms with Gasteiger partial charge in [-0.3, -0.25) is 16.0 Å². The molecule has 0 radical (unpaired) electrons. The van der Waals surface area contributed by atoms with Crippen LogP contribution in [0.4, 0.5) is 0 Å². The van der Waals surface area contributed by atoms with Crippen LogP contribution in [0.3, 0.4) is 0 Å². The predicted octanol–water partition coefficient (Wildman–Crippen LogP) is 2.70. The van der Waals surface area contributed by atoms with E-state index in [1.54, 1.807) is 0 Å². The van der Waals surface area contributed by atoms with Crippen LogP contribution in [0.25, 0.3) is 0 Å². The van der Waals surface area contributed by atoms with Crippen LogP contribution in [0.2, 0.25) is 0 Å². The van der Waals surface area contributed by atoms with E-state index in [4.69, 9.17) is 10.6 Å². The minimum atomic E-state index is 0.258. The molecule has 21 heavy (non-hydrogen) atoms. The SMILES string of the molecule is CCn1nc(C)c(Br)c1CC(CCC1CCCCO1)NN. The Morgan fingerprint density at radius 2 is 2.33 bits per heavy atom. The van der Waals surface area contributed by atoms with Crippen LogP contribution in [-0.2, 0) is 17.7 Å². The van der Waals surface area contributed by atoms with Crippen LogP contribution in [0.5, 0.6) is 0 Å². The minimum absolute atomic E-state index is 0.258. The minimum Gasteiger partial charge on any atom is -0.378 e. The quantitative estimate of drug-likeness (QED) is 0.580. The van der Waals surface area contributed by atoms with Crippen molar-refractivity contribution in [2.24, 2.45) is 5.84 Å². The fourth-order valence-electron chi connectivity index (χ4n) is 2.96. The van der Waals surface area contributed by atoms with Crippen molar-refractivity contribution in [1.82, 2.24) is 15.2 Å². The van der Waals surface area contributed by atoms with Gasteiger partial charge in [0.15, 0.2) is 0 Å². The highest BCUT2D eigenvalue weighted by atomic mass is 79.9. The Morgan fingerprint density at radius 3 is 2.95 bits per heavy atom. The van der Waals surface area contributed by atoms with E-state index in [1.165, 1.54) is 25.0 Å². The highest BCUT2D eigenvalue weighted by Crippen LogP contribution is 2.24. The smallest absolute Gasteiger partial charge is 0.0738 e. The molecule has 2 atom stereocenters. The van der Waals surface area contributed by atoms with E-state index in [-0.39, 0.29) is 6.04 Å². The Bertz CT molecular complexity index is 443. The third-order valence-electron chi connectivity index (χ3n) is 4.24. The van der Waals surface area contributed by atoms with E-state index >= 15 is 0 Å². The van der Waals surface area contributed by atoms with Gasteiger partial charge in [-0.05, 0) is 61.9 Å². The topological polar surface area (TPSA) is 65.1 Å². The number of rotatable bonds is 7. The molecule has 2 rings (SSSR count). The Hall–Kier alpha value is -0.430. The van der Waals surface area contributed by atoms with Crippen molar-refractivity contribution in [1.29, 1.82) is 0 Å². The first-order valence-corrected chi connectivity index (χ1v) is 8.74. The summed E-state index contributed by atoms with van der Waals surface area (Å²) in [6.07, 6.45) is 7.09. The number of nitrogens with zero attached hydrogens (tertiary/aromatic N) is 2. The second-order valence-corrected chi connectivity index (χ2v) is 6.59. The molecule has 1 aliphatic heterocycles. The van der Waals surface area contributed by atoms with Crippen molar-refractivity contribution >= 4 is 15.9 Å². The number of nitrogens with one attached hydrogen (secondary N) is 1. The van der Waals surface area contributed by atoms with Crippen LogP contribution in [0.15, 0.2) is 4.47 Å². The van der Waals surface area contributed by atoms with E-state index in [0.717, 1.165) is 42.6 Å². The fourth-order valence-corrected chi connectivity index (χ4v) is 3.41. The predicted molar refractivity (Wildman–Crippen MR) is 88.0 cm³/mol. The number of halogens is 1. The number of ether oxygens (including phenoxy) is 1. The number of aryl methyl sites for hydroxylation is 2. The van der Waals surface area contributed by atoms with Gasteiger partial charge in [-0.1, -0.05) is 0 Å². The van der Waals surface area contributed by atoms with Gasteiger partial charge in [0.2, 0.25) is 0 Å². The lowest BCUT2D eigenvalue weighted by atomic mass is 9.99. The zero-order valence-electron chi connectivity index (χ0n) is 13.1. The van der Waals surface area contributed by atoms with Crippen molar-refractivity contribution < 1.29 is 4.74 Å². The molecule has 6 heteroatoms. The summed E-state index contributed by atoms with van der Waals surface area (Å²) in [5.74, 6) is 5.75. The molecule has 5 nitrogen and oxygen atoms in total. The van der Waals surface area contributed by atoms with Crippen molar-refractivity contribution in [2.45, 2.75) is 71.1 Å². The molecule has 0 bridgehead atoms. The number of hydrogen-bond donors (Lipinski definition) is 2. The molecule has 2 unspecified atom stereocenters. The molecule has 0 spiro atoms. The summed E-state index contributed by atoms with van der Waals surface area (Å²) >= 11 is 3.65. The lowest BCUT2D eigenvalue weighted by Crippen LogP contribution is -2.38. The summed E-state index contributed by atoms with van der Waals surface area (Å²) in [7, 11) is 0. The Morgan fingerprint density at radius 1 is 1.52 bits per heavy atom. The monoisotopic (exact) mass is 358 g/mol. The van der Waals surface area contributed by atoms with Crippen LogP contribution < -0.4 is 11.3 Å². The van der Waals surface area contributed by atoms with E-state index in [9.17, 15) is 0 Å². The maximum Gasteiger partial charge on any atom is 0.0738 e. The summed E-state index contributed by atoms with van der Waals surface area (Å²) in [5.41, 5.74) is 5.22. The van der Waals surface area contributed by atoms with Crippen LogP contribution in [-0.4, -0.2) is 28.5 Å². The van der Waals surface area contributed by atoms with Gasteiger partial charge in [-0.15, -0.1) is 0 Å². The molecule has 120 valence electrons. The highest BCUT2D eigenvalue weighted by molar-refractivity contribution is 9.10. The number of hydrogen-bond acceptors (Lipinski definition) is 4. The first kappa shape index (κ1) is 16.9. The van der Waals surface area contributed by atoms with Gasteiger partial charge in [0.05, 0.1) is 22.0 Å². The lowest BCUT2D eigenvalue weighted by molar-refractivity contribution is 0.00855. The van der Waals surface area contributed by atoms with Gasteiger partial charge < -0.3 is 4.74 Å². The van der Waals surface area contributed by atoms with Crippen LogP contribution >= 0.6 is 15.9 Å². The second kappa shape index (κ2) is 8.27. The first-order chi connectivity index (χ1) is 10.2. The average Bonchev–Trinajstić information content (AvgIpc) is 2.79. The molecule has 1 aliphatic rings. The van der Waals surface area contributed by atoms with Gasteiger partial charge in [-0.2, -0.15) is 5.10 Å². The number of hydrazine groups is 1. The maximum atomic E-state index is 5.80. The molecule has 0 aromatic carbocycles. The normalized spacial score (nSPS) is 20.7.